The SMILES string of the molecule is CC[N+](CC)(CC)COC.F[B-](F)(F)F. The molecular weight excluding hydrogens is 213 g/mol. The van der Waals surface area contributed by atoms with Gasteiger partial charge in [0.15, 0.2) is 6.73 Å². The summed E-state index contributed by atoms with van der Waals surface area (Å²) in [6, 6.07) is 0. The van der Waals surface area contributed by atoms with Crippen LogP contribution in [0.3, 0.4) is 0 Å². The van der Waals surface area contributed by atoms with Crippen LogP contribution in [0.4, 0.5) is 17.3 Å². The lowest BCUT2D eigenvalue weighted by Crippen LogP contribution is -2.48. The van der Waals surface area contributed by atoms with E-state index < -0.39 is 7.25 Å². The molecule has 0 aromatic rings. The first-order valence-electron chi connectivity index (χ1n) is 4.96. The second-order valence-electron chi connectivity index (χ2n) is 3.20. The summed E-state index contributed by atoms with van der Waals surface area (Å²) in [5.41, 5.74) is 0. The average molecular weight is 233 g/mol. The van der Waals surface area contributed by atoms with Gasteiger partial charge < -0.3 is 26.5 Å². The van der Waals surface area contributed by atoms with Gasteiger partial charge in [0.1, 0.15) is 0 Å². The number of hydrogen-bond acceptors (Lipinski definition) is 1. The molecule has 15 heavy (non-hydrogen) atoms. The molecule has 0 atom stereocenters. The Morgan fingerprint density at radius 1 is 0.933 bits per heavy atom. The lowest BCUT2D eigenvalue weighted by Gasteiger charge is -2.34. The van der Waals surface area contributed by atoms with Crippen molar-refractivity contribution >= 4 is 7.25 Å². The predicted octanol–water partition coefficient (Wildman–Crippen LogP) is 2.77. The lowest BCUT2D eigenvalue weighted by atomic mass is 10.3. The first-order valence-corrected chi connectivity index (χ1v) is 4.96. The molecule has 0 heterocycles. The zero-order valence-corrected chi connectivity index (χ0v) is 9.77. The van der Waals surface area contributed by atoms with Crippen LogP contribution in [0.15, 0.2) is 0 Å². The average Bonchev–Trinajstić information content (AvgIpc) is 2.12. The molecule has 0 N–H and O–H groups in total. The van der Waals surface area contributed by atoms with E-state index in [0.29, 0.717) is 0 Å². The van der Waals surface area contributed by atoms with E-state index in [2.05, 4.69) is 20.8 Å². The number of hydrogen-bond donors (Lipinski definition) is 0. The summed E-state index contributed by atoms with van der Waals surface area (Å²) in [5.74, 6) is 0. The second-order valence-corrected chi connectivity index (χ2v) is 3.20. The van der Waals surface area contributed by atoms with E-state index in [1.54, 1.807) is 7.11 Å². The van der Waals surface area contributed by atoms with Crippen molar-refractivity contribution in [1.29, 1.82) is 0 Å². The largest absolute Gasteiger partial charge is 0.673 e. The maximum absolute atomic E-state index is 9.75. The molecule has 7 heteroatoms. The quantitative estimate of drug-likeness (QED) is 0.307. The number of quaternary nitrogens is 1. The summed E-state index contributed by atoms with van der Waals surface area (Å²) < 4.78 is 45.2. The van der Waals surface area contributed by atoms with E-state index >= 15 is 0 Å². The molecule has 0 unspecified atom stereocenters. The van der Waals surface area contributed by atoms with Gasteiger partial charge in [-0.15, -0.1) is 0 Å². The number of halogens is 4. The molecule has 2 nitrogen and oxygen atoms in total. The summed E-state index contributed by atoms with van der Waals surface area (Å²) in [5, 5.41) is 0. The Labute approximate surface area is 88.9 Å². The van der Waals surface area contributed by atoms with Gasteiger partial charge in [0.05, 0.1) is 19.6 Å². The van der Waals surface area contributed by atoms with Gasteiger partial charge in [0, 0.05) is 7.11 Å². The van der Waals surface area contributed by atoms with Crippen LogP contribution in [0.5, 0.6) is 0 Å². The van der Waals surface area contributed by atoms with E-state index in [4.69, 9.17) is 4.74 Å². The fraction of sp³-hybridized carbons (Fsp3) is 1.00. The van der Waals surface area contributed by atoms with E-state index in [-0.39, 0.29) is 0 Å². The molecule has 0 saturated carbocycles. The highest BCUT2D eigenvalue weighted by molar-refractivity contribution is 6.50. The summed E-state index contributed by atoms with van der Waals surface area (Å²) in [6.07, 6.45) is 0. The fourth-order valence-corrected chi connectivity index (χ4v) is 1.22. The summed E-state index contributed by atoms with van der Waals surface area (Å²) in [6.45, 7) is 11.0. The molecule has 0 amide bonds. The van der Waals surface area contributed by atoms with Crippen LogP contribution in [0.2, 0.25) is 0 Å². The van der Waals surface area contributed by atoms with Crippen LogP contribution in [0.25, 0.3) is 0 Å². The minimum atomic E-state index is -6.00. The Bertz CT molecular complexity index is 136. The Kier molecular flexibility index (Phi) is 9.04. The van der Waals surface area contributed by atoms with Crippen molar-refractivity contribution in [3.05, 3.63) is 0 Å². The van der Waals surface area contributed by atoms with Crippen LogP contribution in [0.1, 0.15) is 20.8 Å². The maximum atomic E-state index is 9.75. The minimum absolute atomic E-state index is 0.851. The fourth-order valence-electron chi connectivity index (χ4n) is 1.22. The van der Waals surface area contributed by atoms with E-state index in [0.717, 1.165) is 11.2 Å². The van der Waals surface area contributed by atoms with Gasteiger partial charge in [0.25, 0.3) is 0 Å². The molecular formula is C8H20BF4NO. The molecule has 0 aromatic heterocycles. The van der Waals surface area contributed by atoms with E-state index in [1.165, 1.54) is 19.6 Å². The van der Waals surface area contributed by atoms with E-state index in [1.807, 2.05) is 0 Å². The maximum Gasteiger partial charge on any atom is 0.673 e. The molecule has 0 bridgehead atoms. The standard InChI is InChI=1S/C8H20NO.BF4/c1-5-9(6-2,7-3)8-10-4;2-1(3,4)5/h5-8H2,1-4H3;/q+1;-1. The van der Waals surface area contributed by atoms with Crippen molar-refractivity contribution in [2.45, 2.75) is 20.8 Å². The van der Waals surface area contributed by atoms with Crippen LogP contribution in [-0.2, 0) is 4.74 Å². The molecule has 0 aliphatic rings. The van der Waals surface area contributed by atoms with Crippen LogP contribution >= 0.6 is 0 Å². The molecule has 0 aliphatic heterocycles. The number of nitrogens with zero attached hydrogens (tertiary/aromatic N) is 1. The van der Waals surface area contributed by atoms with Gasteiger partial charge in [0.2, 0.25) is 0 Å². The van der Waals surface area contributed by atoms with Crippen LogP contribution in [-0.4, -0.2) is 45.2 Å². The van der Waals surface area contributed by atoms with Gasteiger partial charge >= 0.3 is 7.25 Å². The molecule has 0 aromatic carbocycles. The third-order valence-corrected chi connectivity index (χ3v) is 2.42. The molecule has 0 radical (unpaired) electrons. The highest BCUT2D eigenvalue weighted by Crippen LogP contribution is 2.06. The zero-order valence-electron chi connectivity index (χ0n) is 9.77. The van der Waals surface area contributed by atoms with Crippen LogP contribution in [0, 0.1) is 0 Å². The minimum Gasteiger partial charge on any atom is -0.418 e. The molecule has 0 aliphatic carbocycles. The first-order chi connectivity index (χ1) is 6.74. The smallest absolute Gasteiger partial charge is 0.418 e. The van der Waals surface area contributed by atoms with Gasteiger partial charge in [-0.1, -0.05) is 0 Å². The van der Waals surface area contributed by atoms with E-state index in [9.17, 15) is 17.3 Å². The van der Waals surface area contributed by atoms with Crippen molar-refractivity contribution in [2.24, 2.45) is 0 Å². The van der Waals surface area contributed by atoms with Crippen molar-refractivity contribution in [3.8, 4) is 0 Å². The highest BCUT2D eigenvalue weighted by Gasteiger charge is 2.20. The Morgan fingerprint density at radius 2 is 1.20 bits per heavy atom. The second kappa shape index (κ2) is 7.93. The van der Waals surface area contributed by atoms with Gasteiger partial charge in [-0.25, -0.2) is 0 Å². The topological polar surface area (TPSA) is 9.23 Å². The molecule has 0 rings (SSSR count). The highest BCUT2D eigenvalue weighted by atomic mass is 19.5. The van der Waals surface area contributed by atoms with Crippen molar-refractivity contribution < 1.29 is 26.5 Å². The Balaban J connectivity index is 0. The third kappa shape index (κ3) is 11.6. The molecule has 0 saturated heterocycles. The Hall–Kier alpha value is -0.295. The van der Waals surface area contributed by atoms with Gasteiger partial charge in [-0.3, -0.25) is 0 Å². The zero-order chi connectivity index (χ0) is 12.5. The Morgan fingerprint density at radius 3 is 1.27 bits per heavy atom. The normalized spacial score (nSPS) is 12.0. The summed E-state index contributed by atoms with van der Waals surface area (Å²) in [4.78, 5) is 0. The number of methoxy groups -OCH3 is 1. The molecule has 0 spiro atoms. The lowest BCUT2D eigenvalue weighted by molar-refractivity contribution is -0.940. The summed E-state index contributed by atoms with van der Waals surface area (Å²) in [7, 11) is -4.23. The van der Waals surface area contributed by atoms with Gasteiger partial charge in [-0.05, 0) is 20.8 Å². The number of ether oxygens (including phenoxy) is 1. The van der Waals surface area contributed by atoms with Crippen molar-refractivity contribution in [3.63, 3.8) is 0 Å². The summed E-state index contributed by atoms with van der Waals surface area (Å²) >= 11 is 0. The molecule has 0 fully saturated rings. The van der Waals surface area contributed by atoms with Crippen LogP contribution < -0.4 is 0 Å². The van der Waals surface area contributed by atoms with Crippen molar-refractivity contribution in [2.75, 3.05) is 33.5 Å². The monoisotopic (exact) mass is 233 g/mol. The predicted molar refractivity (Wildman–Crippen MR) is 53.9 cm³/mol. The van der Waals surface area contributed by atoms with Crippen molar-refractivity contribution in [1.82, 2.24) is 0 Å². The molecule has 94 valence electrons. The van der Waals surface area contributed by atoms with Gasteiger partial charge in [-0.2, -0.15) is 0 Å². The third-order valence-electron chi connectivity index (χ3n) is 2.42. The first kappa shape index (κ1) is 17.1. The number of rotatable bonds is 5.